The first-order valence-electron chi connectivity index (χ1n) is 17.6. The molecule has 1 fully saturated rings. The van der Waals surface area contributed by atoms with E-state index in [1.165, 1.54) is 11.3 Å². The van der Waals surface area contributed by atoms with Crippen molar-refractivity contribution in [3.8, 4) is 17.2 Å². The van der Waals surface area contributed by atoms with Gasteiger partial charge in [0.15, 0.2) is 0 Å². The Labute approximate surface area is 306 Å². The second-order valence-corrected chi connectivity index (χ2v) is 13.6. The molecular weight excluding hydrogens is 679 g/mol. The second kappa shape index (κ2) is 18.1. The second-order valence-electron chi connectivity index (χ2n) is 12.6. The fraction of sp³-hybridized carbons (Fsp3) is 0.293. The van der Waals surface area contributed by atoms with Crippen LogP contribution in [0.15, 0.2) is 103 Å². The number of rotatable bonds is 16. The van der Waals surface area contributed by atoms with Crippen LogP contribution in [0.5, 0.6) is 17.2 Å². The van der Waals surface area contributed by atoms with Gasteiger partial charge in [0.2, 0.25) is 5.13 Å². The largest absolute Gasteiger partial charge is 0.494 e. The third-order valence-corrected chi connectivity index (χ3v) is 9.84. The van der Waals surface area contributed by atoms with Gasteiger partial charge in [-0.1, -0.05) is 54.3 Å². The Morgan fingerprint density at radius 3 is 2.13 bits per heavy atom. The number of hydrazone groups is 1. The number of anilines is 1. The fourth-order valence-electron chi connectivity index (χ4n) is 6.04. The third-order valence-electron chi connectivity index (χ3n) is 8.90. The molecule has 1 aliphatic rings. The van der Waals surface area contributed by atoms with Gasteiger partial charge < -0.3 is 18.9 Å². The highest BCUT2D eigenvalue weighted by Gasteiger charge is 2.32. The Kier molecular flexibility index (Phi) is 12.6. The molecule has 0 spiro atoms. The zero-order valence-corrected chi connectivity index (χ0v) is 29.6. The van der Waals surface area contributed by atoms with Gasteiger partial charge in [-0.05, 0) is 111 Å². The van der Waals surface area contributed by atoms with Crippen LogP contribution in [-0.4, -0.2) is 42.3 Å². The molecule has 1 aliphatic carbocycles. The molecule has 5 aromatic rings. The molecule has 0 unspecified atom stereocenters. The van der Waals surface area contributed by atoms with E-state index < -0.39 is 5.97 Å². The molecule has 11 heteroatoms. The van der Waals surface area contributed by atoms with Crippen LogP contribution in [-0.2, 0) is 19.1 Å². The molecule has 1 N–H and O–H groups in total. The van der Waals surface area contributed by atoms with Crippen LogP contribution in [0.3, 0.4) is 0 Å². The number of para-hydroxylation sites is 1. The van der Waals surface area contributed by atoms with Gasteiger partial charge in [0.1, 0.15) is 17.2 Å². The van der Waals surface area contributed by atoms with Crippen molar-refractivity contribution < 1.29 is 33.3 Å². The maximum absolute atomic E-state index is 13.4. The molecule has 1 heterocycles. The molecule has 0 bridgehead atoms. The fourth-order valence-corrected chi connectivity index (χ4v) is 6.86. The van der Waals surface area contributed by atoms with Gasteiger partial charge >= 0.3 is 17.9 Å². The summed E-state index contributed by atoms with van der Waals surface area (Å²) in [6.45, 7) is 4.34. The average Bonchev–Trinajstić information content (AvgIpc) is 3.59. The predicted octanol–water partition coefficient (Wildman–Crippen LogP) is 8.88. The van der Waals surface area contributed by atoms with Crippen molar-refractivity contribution in [2.75, 3.05) is 18.6 Å². The van der Waals surface area contributed by atoms with Crippen molar-refractivity contribution in [1.82, 2.24) is 4.98 Å². The summed E-state index contributed by atoms with van der Waals surface area (Å²) in [7, 11) is 0. The lowest BCUT2D eigenvalue weighted by molar-refractivity contribution is -0.145. The van der Waals surface area contributed by atoms with E-state index in [0.717, 1.165) is 52.7 Å². The highest BCUT2D eigenvalue weighted by atomic mass is 32.1. The zero-order valence-electron chi connectivity index (χ0n) is 28.8. The molecule has 0 aliphatic heterocycles. The number of hydrogen-bond acceptors (Lipinski definition) is 11. The van der Waals surface area contributed by atoms with Gasteiger partial charge in [-0.25, -0.2) is 9.78 Å². The van der Waals surface area contributed by atoms with E-state index >= 15 is 0 Å². The van der Waals surface area contributed by atoms with Crippen molar-refractivity contribution in [2.45, 2.75) is 51.4 Å². The van der Waals surface area contributed by atoms with Crippen molar-refractivity contribution >= 4 is 61.6 Å². The van der Waals surface area contributed by atoms with E-state index in [9.17, 15) is 14.4 Å². The minimum Gasteiger partial charge on any atom is -0.494 e. The average molecular weight is 720 g/mol. The molecule has 0 atom stereocenters. The molecule has 6 rings (SSSR count). The van der Waals surface area contributed by atoms with Gasteiger partial charge in [0.25, 0.3) is 0 Å². The smallest absolute Gasteiger partial charge is 0.330 e. The monoisotopic (exact) mass is 719 g/mol. The molecule has 0 amide bonds. The first kappa shape index (κ1) is 36.2. The molecular formula is C41H41N3O7S. The Bertz CT molecular complexity index is 2000. The lowest BCUT2D eigenvalue weighted by Gasteiger charge is -2.26. The molecule has 52 heavy (non-hydrogen) atoms. The van der Waals surface area contributed by atoms with E-state index in [0.29, 0.717) is 66.8 Å². The number of fused-ring (bicyclic) bond motifs is 2. The topological polar surface area (TPSA) is 125 Å². The Hall–Kier alpha value is -5.55. The summed E-state index contributed by atoms with van der Waals surface area (Å²) in [5.74, 6) is -0.0535. The van der Waals surface area contributed by atoms with Crippen molar-refractivity contribution in [2.24, 2.45) is 16.9 Å². The van der Waals surface area contributed by atoms with Gasteiger partial charge in [-0.15, -0.1) is 0 Å². The maximum Gasteiger partial charge on any atom is 0.330 e. The van der Waals surface area contributed by atoms with Crippen molar-refractivity contribution in [1.29, 1.82) is 0 Å². The third kappa shape index (κ3) is 10.0. The van der Waals surface area contributed by atoms with E-state index in [-0.39, 0.29) is 23.8 Å². The highest BCUT2D eigenvalue weighted by Crippen LogP contribution is 2.33. The Balaban J connectivity index is 0.957. The van der Waals surface area contributed by atoms with Crippen LogP contribution in [0.1, 0.15) is 56.9 Å². The van der Waals surface area contributed by atoms with Crippen molar-refractivity contribution in [3.05, 3.63) is 103 Å². The number of benzene rings is 4. The van der Waals surface area contributed by atoms with Crippen LogP contribution in [0, 0.1) is 11.8 Å². The summed E-state index contributed by atoms with van der Waals surface area (Å²) in [4.78, 5) is 42.0. The number of carbonyl (C=O) groups is 3. The van der Waals surface area contributed by atoms with Crippen LogP contribution in [0.4, 0.5) is 5.13 Å². The number of unbranched alkanes of at least 4 members (excludes halogenated alkanes) is 3. The SMILES string of the molecule is C=CC(=O)OCCCCCCOc1ccc(OC(=O)C2CCC(C(=O)Oc3cc4ccccc4cc3/C=N/Nc3nc4ccccc4s3)CC2)cc1. The lowest BCUT2D eigenvalue weighted by atomic mass is 9.82. The molecule has 10 nitrogen and oxygen atoms in total. The molecule has 1 saturated carbocycles. The highest BCUT2D eigenvalue weighted by molar-refractivity contribution is 7.22. The summed E-state index contributed by atoms with van der Waals surface area (Å²) in [6, 6.07) is 26.6. The van der Waals surface area contributed by atoms with Gasteiger partial charge in [0, 0.05) is 11.6 Å². The van der Waals surface area contributed by atoms with Gasteiger partial charge in [0.05, 0.1) is 41.5 Å². The van der Waals surface area contributed by atoms with Crippen LogP contribution in [0.2, 0.25) is 0 Å². The van der Waals surface area contributed by atoms with Crippen LogP contribution in [0.25, 0.3) is 21.0 Å². The summed E-state index contributed by atoms with van der Waals surface area (Å²) < 4.78 is 23.5. The normalized spacial score (nSPS) is 15.7. The molecule has 268 valence electrons. The van der Waals surface area contributed by atoms with E-state index in [1.54, 1.807) is 30.5 Å². The number of thiazole rings is 1. The van der Waals surface area contributed by atoms with Gasteiger partial charge in [-0.2, -0.15) is 5.10 Å². The number of nitrogens with zero attached hydrogens (tertiary/aromatic N) is 2. The maximum atomic E-state index is 13.4. The zero-order chi connectivity index (χ0) is 36.1. The Morgan fingerprint density at radius 1 is 0.788 bits per heavy atom. The predicted molar refractivity (Wildman–Crippen MR) is 203 cm³/mol. The Morgan fingerprint density at radius 2 is 1.42 bits per heavy atom. The lowest BCUT2D eigenvalue weighted by Crippen LogP contribution is -2.30. The van der Waals surface area contributed by atoms with Crippen LogP contribution >= 0.6 is 11.3 Å². The number of ether oxygens (including phenoxy) is 4. The summed E-state index contributed by atoms with van der Waals surface area (Å²) in [5.41, 5.74) is 4.57. The van der Waals surface area contributed by atoms with Gasteiger partial charge in [-0.3, -0.25) is 15.0 Å². The molecule has 1 aromatic heterocycles. The minimum atomic E-state index is -0.396. The first-order chi connectivity index (χ1) is 25.4. The molecule has 4 aromatic carbocycles. The first-order valence-corrected chi connectivity index (χ1v) is 18.4. The molecule has 0 radical (unpaired) electrons. The number of esters is 3. The quantitative estimate of drug-likeness (QED) is 0.0266. The number of nitrogens with one attached hydrogen (secondary N) is 1. The van der Waals surface area contributed by atoms with E-state index in [2.05, 4.69) is 22.1 Å². The van der Waals surface area contributed by atoms with E-state index in [1.807, 2.05) is 60.7 Å². The van der Waals surface area contributed by atoms with Crippen molar-refractivity contribution in [3.63, 3.8) is 0 Å². The van der Waals surface area contributed by atoms with Crippen LogP contribution < -0.4 is 19.6 Å². The number of hydrogen-bond donors (Lipinski definition) is 1. The summed E-state index contributed by atoms with van der Waals surface area (Å²) in [6.07, 6.45) is 8.53. The summed E-state index contributed by atoms with van der Waals surface area (Å²) in [5, 5.41) is 7.02. The standard InChI is InChI=1S/C41H41N3O7S/c1-2-38(45)49-24-10-4-3-9-23-48-33-19-21-34(22-20-33)50-39(46)28-15-17-29(18-16-28)40(47)51-36-26-31-12-6-5-11-30(31)25-32(36)27-42-44-41-43-35-13-7-8-14-37(35)52-41/h2,5-8,11-14,19-22,25-29H,1,3-4,9-10,15-18,23-24H2,(H,43,44)/b42-27+. The number of carbonyl (C=O) groups excluding carboxylic acids is 3. The number of aromatic nitrogens is 1. The minimum absolute atomic E-state index is 0.294. The summed E-state index contributed by atoms with van der Waals surface area (Å²) >= 11 is 1.51. The van der Waals surface area contributed by atoms with E-state index in [4.69, 9.17) is 18.9 Å². The molecule has 0 saturated heterocycles.